The molecule has 0 radical (unpaired) electrons. The average molecular weight is 343 g/mol. The lowest BCUT2D eigenvalue weighted by Crippen LogP contribution is -2.41. The molecule has 1 aliphatic heterocycles. The summed E-state index contributed by atoms with van der Waals surface area (Å²) < 4.78 is 13.3. The summed E-state index contributed by atoms with van der Waals surface area (Å²) in [5, 5.41) is 3.16. The topological polar surface area (TPSA) is 65.4 Å². The Kier molecular flexibility index (Phi) is 4.70. The van der Waals surface area contributed by atoms with Crippen molar-refractivity contribution in [3.63, 3.8) is 0 Å². The number of carbonyl (C=O) groups is 1. The van der Waals surface area contributed by atoms with Crippen molar-refractivity contribution in [1.29, 1.82) is 0 Å². The van der Waals surface area contributed by atoms with Crippen molar-refractivity contribution in [2.45, 2.75) is 51.8 Å². The number of rotatable bonds is 5. The van der Waals surface area contributed by atoms with E-state index in [-0.39, 0.29) is 17.6 Å². The molecule has 1 atom stereocenters. The van der Waals surface area contributed by atoms with Crippen molar-refractivity contribution in [2.75, 3.05) is 7.11 Å². The molecule has 2 heterocycles. The number of ether oxygens (including phenoxy) is 2. The van der Waals surface area contributed by atoms with E-state index in [9.17, 15) is 4.79 Å². The van der Waals surface area contributed by atoms with E-state index in [4.69, 9.17) is 9.47 Å². The zero-order valence-electron chi connectivity index (χ0n) is 15.2. The molecular weight excluding hydrogens is 318 g/mol. The highest BCUT2D eigenvalue weighted by molar-refractivity contribution is 5.76. The van der Waals surface area contributed by atoms with Gasteiger partial charge in [-0.2, -0.15) is 0 Å². The Labute approximate surface area is 148 Å². The van der Waals surface area contributed by atoms with Crippen LogP contribution in [0, 0.1) is 6.92 Å². The second-order valence-corrected chi connectivity index (χ2v) is 7.01. The lowest BCUT2D eigenvalue weighted by Gasteiger charge is -2.38. The van der Waals surface area contributed by atoms with Gasteiger partial charge in [-0.25, -0.2) is 4.98 Å². The summed E-state index contributed by atoms with van der Waals surface area (Å²) in [6.07, 6.45) is 4.76. The fourth-order valence-corrected chi connectivity index (χ4v) is 3.22. The Morgan fingerprint density at radius 2 is 2.28 bits per heavy atom. The van der Waals surface area contributed by atoms with Gasteiger partial charge >= 0.3 is 0 Å². The first-order valence-corrected chi connectivity index (χ1v) is 8.52. The molecule has 0 saturated carbocycles. The first-order chi connectivity index (χ1) is 11.9. The van der Waals surface area contributed by atoms with Gasteiger partial charge in [-0.15, -0.1) is 0 Å². The summed E-state index contributed by atoms with van der Waals surface area (Å²) >= 11 is 0. The highest BCUT2D eigenvalue weighted by Crippen LogP contribution is 2.41. The van der Waals surface area contributed by atoms with Crippen LogP contribution in [0.3, 0.4) is 0 Å². The molecule has 1 aromatic carbocycles. The number of amides is 1. The zero-order chi connectivity index (χ0) is 18.0. The van der Waals surface area contributed by atoms with Gasteiger partial charge in [-0.3, -0.25) is 4.79 Å². The summed E-state index contributed by atoms with van der Waals surface area (Å²) in [4.78, 5) is 16.7. The number of nitrogens with one attached hydrogen (secondary N) is 1. The van der Waals surface area contributed by atoms with E-state index >= 15 is 0 Å². The van der Waals surface area contributed by atoms with Gasteiger partial charge in [0.25, 0.3) is 0 Å². The Morgan fingerprint density at radius 1 is 1.48 bits per heavy atom. The smallest absolute Gasteiger partial charge is 0.222 e. The molecule has 3 rings (SSSR count). The molecule has 25 heavy (non-hydrogen) atoms. The highest BCUT2D eigenvalue weighted by atomic mass is 16.5. The van der Waals surface area contributed by atoms with Crippen LogP contribution in [0.5, 0.6) is 11.5 Å². The van der Waals surface area contributed by atoms with E-state index in [2.05, 4.69) is 10.3 Å². The highest BCUT2D eigenvalue weighted by Gasteiger charge is 2.34. The average Bonchev–Trinajstić information content (AvgIpc) is 2.97. The van der Waals surface area contributed by atoms with Crippen LogP contribution < -0.4 is 14.8 Å². The Hall–Kier alpha value is -2.50. The number of carbonyl (C=O) groups excluding carboxylic acids is 1. The molecule has 1 aliphatic rings. The second-order valence-electron chi connectivity index (χ2n) is 7.01. The van der Waals surface area contributed by atoms with Crippen LogP contribution in [-0.2, 0) is 11.3 Å². The van der Waals surface area contributed by atoms with Gasteiger partial charge in [-0.1, -0.05) is 0 Å². The molecule has 6 nitrogen and oxygen atoms in total. The molecule has 0 spiro atoms. The minimum atomic E-state index is -0.333. The number of fused-ring (bicyclic) bond motifs is 1. The van der Waals surface area contributed by atoms with E-state index < -0.39 is 0 Å². The molecule has 0 unspecified atom stereocenters. The number of hydrogen-bond acceptors (Lipinski definition) is 4. The van der Waals surface area contributed by atoms with Crippen LogP contribution >= 0.6 is 0 Å². The number of benzene rings is 1. The summed E-state index contributed by atoms with van der Waals surface area (Å²) in [6, 6.07) is 5.63. The number of aryl methyl sites for hydroxylation is 2. The molecule has 0 bridgehead atoms. The van der Waals surface area contributed by atoms with Crippen molar-refractivity contribution in [1.82, 2.24) is 14.9 Å². The molecule has 1 amide bonds. The lowest BCUT2D eigenvalue weighted by atomic mass is 9.89. The molecule has 1 aromatic heterocycles. The molecule has 0 fully saturated rings. The minimum absolute atomic E-state index is 0.0181. The first-order valence-electron chi connectivity index (χ1n) is 8.52. The molecule has 2 aromatic rings. The van der Waals surface area contributed by atoms with Gasteiger partial charge in [0.1, 0.15) is 22.9 Å². The van der Waals surface area contributed by atoms with Gasteiger partial charge in [0.2, 0.25) is 5.91 Å². The van der Waals surface area contributed by atoms with E-state index in [1.54, 1.807) is 13.3 Å². The van der Waals surface area contributed by atoms with Gasteiger partial charge < -0.3 is 19.4 Å². The Bertz CT molecular complexity index is 767. The predicted octanol–water partition coefficient (Wildman–Crippen LogP) is 3.01. The fourth-order valence-electron chi connectivity index (χ4n) is 3.22. The summed E-state index contributed by atoms with van der Waals surface area (Å²) in [5.74, 6) is 2.49. The normalized spacial score (nSPS) is 18.2. The quantitative estimate of drug-likeness (QED) is 0.906. The lowest BCUT2D eigenvalue weighted by molar-refractivity contribution is -0.122. The van der Waals surface area contributed by atoms with Crippen LogP contribution in [0.15, 0.2) is 30.6 Å². The third kappa shape index (κ3) is 3.95. The maximum Gasteiger partial charge on any atom is 0.222 e. The van der Waals surface area contributed by atoms with Gasteiger partial charge in [0, 0.05) is 37.3 Å². The molecule has 1 N–H and O–H groups in total. The number of methoxy groups -OCH3 is 1. The summed E-state index contributed by atoms with van der Waals surface area (Å²) in [7, 11) is 1.64. The summed E-state index contributed by atoms with van der Waals surface area (Å²) in [6.45, 7) is 6.62. The van der Waals surface area contributed by atoms with Crippen LogP contribution in [0.25, 0.3) is 0 Å². The zero-order valence-corrected chi connectivity index (χ0v) is 15.2. The van der Waals surface area contributed by atoms with Crippen molar-refractivity contribution < 1.29 is 14.3 Å². The summed E-state index contributed by atoms with van der Waals surface area (Å²) in [5.41, 5.74) is 0.631. The number of imidazole rings is 1. The van der Waals surface area contributed by atoms with Crippen molar-refractivity contribution >= 4 is 5.91 Å². The van der Waals surface area contributed by atoms with Crippen LogP contribution in [-0.4, -0.2) is 28.2 Å². The first kappa shape index (κ1) is 17.3. The third-order valence-electron chi connectivity index (χ3n) is 4.51. The van der Waals surface area contributed by atoms with Crippen molar-refractivity contribution in [3.05, 3.63) is 42.0 Å². The van der Waals surface area contributed by atoms with Crippen LogP contribution in [0.2, 0.25) is 0 Å². The van der Waals surface area contributed by atoms with Gasteiger partial charge in [-0.05, 0) is 39.0 Å². The largest absolute Gasteiger partial charge is 0.497 e. The van der Waals surface area contributed by atoms with Gasteiger partial charge in [0.05, 0.1) is 13.2 Å². The SMILES string of the molecule is COc1ccc2c(c1)[C@H](NC(=O)CCn1ccnc1C)CC(C)(C)O2. The van der Waals surface area contributed by atoms with E-state index in [1.807, 2.05) is 49.7 Å². The maximum absolute atomic E-state index is 12.5. The number of hydrogen-bond donors (Lipinski definition) is 1. The van der Waals surface area contributed by atoms with Crippen molar-refractivity contribution in [2.24, 2.45) is 0 Å². The Morgan fingerprint density at radius 3 is 2.96 bits per heavy atom. The molecular formula is C19H25N3O3. The fraction of sp³-hybridized carbons (Fsp3) is 0.474. The Balaban J connectivity index is 1.72. The predicted molar refractivity (Wildman–Crippen MR) is 94.8 cm³/mol. The molecule has 0 aliphatic carbocycles. The monoisotopic (exact) mass is 343 g/mol. The van der Waals surface area contributed by atoms with Crippen molar-refractivity contribution in [3.8, 4) is 11.5 Å². The van der Waals surface area contributed by atoms with Crippen LogP contribution in [0.1, 0.15) is 44.1 Å². The van der Waals surface area contributed by atoms with Crippen LogP contribution in [0.4, 0.5) is 0 Å². The van der Waals surface area contributed by atoms with Gasteiger partial charge in [0.15, 0.2) is 0 Å². The number of nitrogens with zero attached hydrogens (tertiary/aromatic N) is 2. The molecule has 6 heteroatoms. The molecule has 0 saturated heterocycles. The second kappa shape index (κ2) is 6.78. The van der Waals surface area contributed by atoms with E-state index in [0.29, 0.717) is 19.4 Å². The standard InChI is InChI=1S/C19H25N3O3/c1-13-20-8-10-22(13)9-7-18(23)21-16-12-19(2,3)25-17-6-5-14(24-4)11-15(16)17/h5-6,8,10-11,16H,7,9,12H2,1-4H3,(H,21,23)/t16-/m1/s1. The van der Waals surface area contributed by atoms with E-state index in [0.717, 1.165) is 22.9 Å². The third-order valence-corrected chi connectivity index (χ3v) is 4.51. The number of aromatic nitrogens is 2. The van der Waals surface area contributed by atoms with E-state index in [1.165, 1.54) is 0 Å². The molecule has 134 valence electrons. The maximum atomic E-state index is 12.5. The minimum Gasteiger partial charge on any atom is -0.497 e.